The van der Waals surface area contributed by atoms with Gasteiger partial charge in [0.25, 0.3) is 0 Å². The highest BCUT2D eigenvalue weighted by atomic mass is 31.2. The summed E-state index contributed by atoms with van der Waals surface area (Å²) >= 11 is 0. The third-order valence-corrected chi connectivity index (χ3v) is 5.88. The lowest BCUT2D eigenvalue weighted by Crippen LogP contribution is -2.25. The third kappa shape index (κ3) is 15.2. The van der Waals surface area contributed by atoms with Crippen LogP contribution in [0.15, 0.2) is 0 Å². The van der Waals surface area contributed by atoms with Crippen molar-refractivity contribution < 1.29 is 19.1 Å². The predicted octanol–water partition coefficient (Wildman–Crippen LogP) is 6.89. The Kier molecular flexibility index (Phi) is 15.1. The van der Waals surface area contributed by atoms with Crippen LogP contribution in [-0.4, -0.2) is 21.7 Å². The summed E-state index contributed by atoms with van der Waals surface area (Å²) in [5, 5.41) is 0. The molecular formula is C21H45O4P. The molecule has 0 saturated carbocycles. The lowest BCUT2D eigenvalue weighted by atomic mass is 9.98. The largest absolute Gasteiger partial charge is 0.362 e. The predicted molar refractivity (Wildman–Crippen MR) is 111 cm³/mol. The Balaban J connectivity index is 4.25. The molecule has 1 unspecified atom stereocenters. The van der Waals surface area contributed by atoms with Crippen molar-refractivity contribution in [2.75, 3.05) is 0 Å². The standard InChI is InChI=1S/C21H45O4P/c1-6-7-8-9-10-11-12-13-14-15-21(26(22,23)24)25-20(16-18(2)3)17-19(4)5/h18-21H,6-17H2,1-5H3,(H2,22,23,24). The molecule has 0 aromatic rings. The van der Waals surface area contributed by atoms with Gasteiger partial charge in [0.05, 0.1) is 6.10 Å². The third-order valence-electron chi connectivity index (χ3n) is 4.75. The van der Waals surface area contributed by atoms with Gasteiger partial charge in [0, 0.05) is 0 Å². The van der Waals surface area contributed by atoms with Crippen molar-refractivity contribution in [1.29, 1.82) is 0 Å². The maximum atomic E-state index is 11.9. The summed E-state index contributed by atoms with van der Waals surface area (Å²) in [6.45, 7) is 10.7. The number of rotatable bonds is 17. The molecule has 0 spiro atoms. The fraction of sp³-hybridized carbons (Fsp3) is 1.00. The summed E-state index contributed by atoms with van der Waals surface area (Å²) in [7, 11) is -4.21. The first kappa shape index (κ1) is 26.1. The van der Waals surface area contributed by atoms with Crippen LogP contribution >= 0.6 is 7.60 Å². The van der Waals surface area contributed by atoms with Crippen molar-refractivity contribution in [2.45, 2.75) is 124 Å². The minimum absolute atomic E-state index is 0.0637. The van der Waals surface area contributed by atoms with E-state index in [0.717, 1.165) is 32.1 Å². The van der Waals surface area contributed by atoms with Crippen molar-refractivity contribution in [1.82, 2.24) is 0 Å². The molecule has 0 radical (unpaired) electrons. The normalized spacial score (nSPS) is 13.9. The zero-order valence-electron chi connectivity index (χ0n) is 18.0. The first-order valence-electron chi connectivity index (χ1n) is 10.9. The summed E-state index contributed by atoms with van der Waals surface area (Å²) < 4.78 is 17.8. The van der Waals surface area contributed by atoms with Crippen LogP contribution in [0.3, 0.4) is 0 Å². The van der Waals surface area contributed by atoms with Gasteiger partial charge in [0.2, 0.25) is 0 Å². The van der Waals surface area contributed by atoms with E-state index in [1.165, 1.54) is 38.5 Å². The molecule has 0 amide bonds. The Morgan fingerprint density at radius 3 is 1.58 bits per heavy atom. The maximum absolute atomic E-state index is 11.9. The Bertz CT molecular complexity index is 355. The van der Waals surface area contributed by atoms with Crippen LogP contribution in [0.5, 0.6) is 0 Å². The van der Waals surface area contributed by atoms with Crippen molar-refractivity contribution >= 4 is 7.60 Å². The molecule has 0 aliphatic heterocycles. The molecule has 0 aliphatic rings. The Morgan fingerprint density at radius 1 is 0.769 bits per heavy atom. The van der Waals surface area contributed by atoms with Gasteiger partial charge in [-0.05, 0) is 31.1 Å². The average Bonchev–Trinajstić information content (AvgIpc) is 2.49. The minimum Gasteiger partial charge on any atom is -0.362 e. The zero-order chi connectivity index (χ0) is 20.0. The van der Waals surface area contributed by atoms with Crippen LogP contribution in [-0.2, 0) is 9.30 Å². The molecule has 0 aromatic heterocycles. The average molecular weight is 393 g/mol. The highest BCUT2D eigenvalue weighted by Crippen LogP contribution is 2.45. The van der Waals surface area contributed by atoms with E-state index in [0.29, 0.717) is 18.3 Å². The number of hydrogen-bond donors (Lipinski definition) is 2. The molecule has 0 saturated heterocycles. The quantitative estimate of drug-likeness (QED) is 0.209. The van der Waals surface area contributed by atoms with Crippen LogP contribution in [0, 0.1) is 11.8 Å². The Hall–Kier alpha value is 0.110. The van der Waals surface area contributed by atoms with Crippen LogP contribution in [0.25, 0.3) is 0 Å². The molecular weight excluding hydrogens is 347 g/mol. The molecule has 0 aromatic carbocycles. The SMILES string of the molecule is CCCCCCCCCCCC(OC(CC(C)C)CC(C)C)P(=O)(O)O. The van der Waals surface area contributed by atoms with Crippen molar-refractivity contribution in [3.8, 4) is 0 Å². The van der Waals surface area contributed by atoms with Crippen LogP contribution < -0.4 is 0 Å². The van der Waals surface area contributed by atoms with E-state index in [-0.39, 0.29) is 6.10 Å². The van der Waals surface area contributed by atoms with Gasteiger partial charge in [-0.1, -0.05) is 92.4 Å². The smallest absolute Gasteiger partial charge is 0.354 e. The van der Waals surface area contributed by atoms with Gasteiger partial charge in [-0.3, -0.25) is 4.57 Å². The summed E-state index contributed by atoms with van der Waals surface area (Å²) in [5.41, 5.74) is 0. The lowest BCUT2D eigenvalue weighted by molar-refractivity contribution is -0.00929. The van der Waals surface area contributed by atoms with E-state index < -0.39 is 13.4 Å². The highest BCUT2D eigenvalue weighted by Gasteiger charge is 2.32. The molecule has 0 bridgehead atoms. The monoisotopic (exact) mass is 392 g/mol. The molecule has 158 valence electrons. The molecule has 5 heteroatoms. The van der Waals surface area contributed by atoms with E-state index in [1.54, 1.807) is 0 Å². The summed E-state index contributed by atoms with van der Waals surface area (Å²) in [6, 6.07) is 0. The summed E-state index contributed by atoms with van der Waals surface area (Å²) in [4.78, 5) is 19.4. The Labute approximate surface area is 162 Å². The van der Waals surface area contributed by atoms with Crippen molar-refractivity contribution in [2.24, 2.45) is 11.8 Å². The molecule has 26 heavy (non-hydrogen) atoms. The highest BCUT2D eigenvalue weighted by molar-refractivity contribution is 7.52. The fourth-order valence-corrected chi connectivity index (χ4v) is 4.28. The van der Waals surface area contributed by atoms with Crippen LogP contribution in [0.2, 0.25) is 0 Å². The van der Waals surface area contributed by atoms with Gasteiger partial charge < -0.3 is 14.5 Å². The first-order chi connectivity index (χ1) is 12.2. The molecule has 1 atom stereocenters. The lowest BCUT2D eigenvalue weighted by Gasteiger charge is -2.28. The molecule has 2 N–H and O–H groups in total. The van der Waals surface area contributed by atoms with E-state index in [1.807, 2.05) is 0 Å². The minimum atomic E-state index is -4.21. The molecule has 0 aliphatic carbocycles. The molecule has 0 rings (SSSR count). The number of hydrogen-bond acceptors (Lipinski definition) is 2. The molecule has 0 fully saturated rings. The Morgan fingerprint density at radius 2 is 1.19 bits per heavy atom. The van der Waals surface area contributed by atoms with Crippen molar-refractivity contribution in [3.05, 3.63) is 0 Å². The zero-order valence-corrected chi connectivity index (χ0v) is 18.8. The first-order valence-corrected chi connectivity index (χ1v) is 12.6. The van der Waals surface area contributed by atoms with E-state index >= 15 is 0 Å². The van der Waals surface area contributed by atoms with Gasteiger partial charge in [-0.25, -0.2) is 0 Å². The van der Waals surface area contributed by atoms with Gasteiger partial charge in [-0.15, -0.1) is 0 Å². The topological polar surface area (TPSA) is 66.8 Å². The summed E-state index contributed by atoms with van der Waals surface area (Å²) in [5.74, 6) is -0.0117. The second-order valence-corrected chi connectivity index (χ2v) is 10.4. The van der Waals surface area contributed by atoms with Gasteiger partial charge in [0.1, 0.15) is 0 Å². The van der Waals surface area contributed by atoms with E-state index in [4.69, 9.17) is 4.74 Å². The number of ether oxygens (including phenoxy) is 1. The van der Waals surface area contributed by atoms with Crippen molar-refractivity contribution in [3.63, 3.8) is 0 Å². The summed E-state index contributed by atoms with van der Waals surface area (Å²) in [6.07, 6.45) is 12.9. The van der Waals surface area contributed by atoms with Gasteiger partial charge in [0.15, 0.2) is 5.85 Å². The van der Waals surface area contributed by atoms with E-state index in [9.17, 15) is 14.4 Å². The molecule has 0 heterocycles. The second-order valence-electron chi connectivity index (χ2n) is 8.68. The van der Waals surface area contributed by atoms with Crippen LogP contribution in [0.4, 0.5) is 0 Å². The van der Waals surface area contributed by atoms with Gasteiger partial charge >= 0.3 is 7.60 Å². The molecule has 4 nitrogen and oxygen atoms in total. The van der Waals surface area contributed by atoms with Crippen LogP contribution in [0.1, 0.15) is 112 Å². The number of unbranched alkanes of at least 4 members (excludes halogenated alkanes) is 8. The second kappa shape index (κ2) is 15.1. The van der Waals surface area contributed by atoms with Gasteiger partial charge in [-0.2, -0.15) is 0 Å². The maximum Gasteiger partial charge on any atom is 0.354 e. The fourth-order valence-electron chi connectivity index (χ4n) is 3.43. The van der Waals surface area contributed by atoms with E-state index in [2.05, 4.69) is 34.6 Å².